The van der Waals surface area contributed by atoms with Gasteiger partial charge in [-0.3, -0.25) is 4.79 Å². The maximum atomic E-state index is 13.3. The van der Waals surface area contributed by atoms with Gasteiger partial charge in [0.1, 0.15) is 10.7 Å². The first-order valence-corrected chi connectivity index (χ1v) is 6.85. The van der Waals surface area contributed by atoms with Crippen LogP contribution in [0.5, 0.6) is 0 Å². The maximum Gasteiger partial charge on any atom is 0.307 e. The van der Waals surface area contributed by atoms with Crippen LogP contribution in [0.1, 0.15) is 13.3 Å². The second-order valence-electron chi connectivity index (χ2n) is 3.38. The summed E-state index contributed by atoms with van der Waals surface area (Å²) in [6, 6.07) is 5.03. The molecule has 1 aromatic rings. The minimum Gasteiger partial charge on any atom is -0.466 e. The summed E-state index contributed by atoms with van der Waals surface area (Å²) in [5, 5.41) is 0. The van der Waals surface area contributed by atoms with Gasteiger partial charge in [0.15, 0.2) is 0 Å². The van der Waals surface area contributed by atoms with E-state index in [1.54, 1.807) is 6.92 Å². The Morgan fingerprint density at radius 1 is 1.39 bits per heavy atom. The molecule has 0 aromatic heterocycles. The van der Waals surface area contributed by atoms with E-state index >= 15 is 0 Å². The number of nitrogens with one attached hydrogen (secondary N) is 1. The Morgan fingerprint density at radius 2 is 2.06 bits per heavy atom. The van der Waals surface area contributed by atoms with E-state index in [0.717, 1.165) is 12.1 Å². The van der Waals surface area contributed by atoms with E-state index in [4.69, 9.17) is 0 Å². The Kier molecular flexibility index (Phi) is 5.24. The van der Waals surface area contributed by atoms with Crippen molar-refractivity contribution in [2.75, 3.05) is 13.2 Å². The van der Waals surface area contributed by atoms with E-state index < -0.39 is 26.7 Å². The lowest BCUT2D eigenvalue weighted by molar-refractivity contribution is -0.142. The molecule has 100 valence electrons. The monoisotopic (exact) mass is 275 g/mol. The first-order valence-electron chi connectivity index (χ1n) is 5.37. The van der Waals surface area contributed by atoms with Gasteiger partial charge in [-0.1, -0.05) is 12.1 Å². The van der Waals surface area contributed by atoms with Crippen LogP contribution in [0.15, 0.2) is 29.2 Å². The van der Waals surface area contributed by atoms with Gasteiger partial charge < -0.3 is 4.74 Å². The maximum absolute atomic E-state index is 13.3. The molecular weight excluding hydrogens is 261 g/mol. The number of halogens is 1. The highest BCUT2D eigenvalue weighted by atomic mass is 32.2. The summed E-state index contributed by atoms with van der Waals surface area (Å²) < 4.78 is 43.4. The highest BCUT2D eigenvalue weighted by Gasteiger charge is 2.18. The molecule has 1 aromatic carbocycles. The Hall–Kier alpha value is -1.47. The SMILES string of the molecule is CCOC(=O)CCNS(=O)(=O)c1ccccc1F. The van der Waals surface area contributed by atoms with Crippen LogP contribution in [-0.4, -0.2) is 27.5 Å². The molecule has 0 atom stereocenters. The molecule has 1 rings (SSSR count). The molecule has 18 heavy (non-hydrogen) atoms. The average Bonchev–Trinajstić information content (AvgIpc) is 2.29. The molecule has 1 N–H and O–H groups in total. The van der Waals surface area contributed by atoms with Crippen LogP contribution in [0.2, 0.25) is 0 Å². The van der Waals surface area contributed by atoms with Crippen molar-refractivity contribution in [3.63, 3.8) is 0 Å². The summed E-state index contributed by atoms with van der Waals surface area (Å²) in [5.41, 5.74) is 0. The third kappa shape index (κ3) is 4.08. The van der Waals surface area contributed by atoms with Crippen LogP contribution in [-0.2, 0) is 19.6 Å². The lowest BCUT2D eigenvalue weighted by Gasteiger charge is -2.07. The minimum atomic E-state index is -3.93. The summed E-state index contributed by atoms with van der Waals surface area (Å²) in [6.07, 6.45) is -0.0957. The first-order chi connectivity index (χ1) is 8.47. The van der Waals surface area contributed by atoms with Crippen molar-refractivity contribution in [3.05, 3.63) is 30.1 Å². The zero-order chi connectivity index (χ0) is 13.6. The molecule has 0 saturated heterocycles. The van der Waals surface area contributed by atoms with Crippen molar-refractivity contribution in [1.29, 1.82) is 0 Å². The number of sulfonamides is 1. The molecule has 0 aliphatic carbocycles. The lowest BCUT2D eigenvalue weighted by Crippen LogP contribution is -2.27. The number of hydrogen-bond acceptors (Lipinski definition) is 4. The van der Waals surface area contributed by atoms with Gasteiger partial charge in [-0.05, 0) is 19.1 Å². The Morgan fingerprint density at radius 3 is 2.67 bits per heavy atom. The molecule has 0 fully saturated rings. The second-order valence-corrected chi connectivity index (χ2v) is 5.12. The van der Waals surface area contributed by atoms with Crippen LogP contribution >= 0.6 is 0 Å². The van der Waals surface area contributed by atoms with Crippen molar-refractivity contribution in [1.82, 2.24) is 4.72 Å². The average molecular weight is 275 g/mol. The molecule has 0 amide bonds. The molecule has 0 bridgehead atoms. The van der Waals surface area contributed by atoms with Gasteiger partial charge in [0.2, 0.25) is 10.0 Å². The third-order valence-electron chi connectivity index (χ3n) is 2.05. The summed E-state index contributed by atoms with van der Waals surface area (Å²) in [7, 11) is -3.93. The van der Waals surface area contributed by atoms with Crippen LogP contribution in [0.3, 0.4) is 0 Å². The Balaban J connectivity index is 2.61. The second kappa shape index (κ2) is 6.46. The number of carbonyl (C=O) groups is 1. The highest BCUT2D eigenvalue weighted by Crippen LogP contribution is 2.12. The molecule has 5 nitrogen and oxygen atoms in total. The van der Waals surface area contributed by atoms with E-state index in [-0.39, 0.29) is 19.6 Å². The normalized spacial score (nSPS) is 11.2. The van der Waals surface area contributed by atoms with E-state index in [1.165, 1.54) is 12.1 Å². The van der Waals surface area contributed by atoms with E-state index in [1.807, 2.05) is 0 Å². The third-order valence-corrected chi connectivity index (χ3v) is 3.55. The number of carbonyl (C=O) groups excluding carboxylic acids is 1. The van der Waals surface area contributed by atoms with Crippen molar-refractivity contribution in [2.24, 2.45) is 0 Å². The number of ether oxygens (including phenoxy) is 1. The molecule has 7 heteroatoms. The molecule has 0 aliphatic heterocycles. The predicted molar refractivity (Wildman–Crippen MR) is 62.8 cm³/mol. The predicted octanol–water partition coefficient (Wildman–Crippen LogP) is 1.06. The zero-order valence-electron chi connectivity index (χ0n) is 9.85. The molecule has 0 spiro atoms. The molecule has 0 radical (unpaired) electrons. The van der Waals surface area contributed by atoms with Crippen molar-refractivity contribution in [3.8, 4) is 0 Å². The number of benzene rings is 1. The smallest absolute Gasteiger partial charge is 0.307 e. The summed E-state index contributed by atoms with van der Waals surface area (Å²) in [5.74, 6) is -1.34. The van der Waals surface area contributed by atoms with Crippen molar-refractivity contribution < 1.29 is 22.3 Å². The highest BCUT2D eigenvalue weighted by molar-refractivity contribution is 7.89. The van der Waals surface area contributed by atoms with Gasteiger partial charge in [-0.15, -0.1) is 0 Å². The fourth-order valence-corrected chi connectivity index (χ4v) is 2.37. The summed E-state index contributed by atoms with van der Waals surface area (Å²) in [4.78, 5) is 10.6. The fraction of sp³-hybridized carbons (Fsp3) is 0.364. The molecular formula is C11H14FNO4S. The van der Waals surface area contributed by atoms with Crippen LogP contribution < -0.4 is 4.72 Å². The molecule has 0 heterocycles. The standard InChI is InChI=1S/C11H14FNO4S/c1-2-17-11(14)7-8-13-18(15,16)10-6-4-3-5-9(10)12/h3-6,13H,2,7-8H2,1H3. The van der Waals surface area contributed by atoms with Crippen LogP contribution in [0.25, 0.3) is 0 Å². The number of rotatable bonds is 6. The van der Waals surface area contributed by atoms with E-state index in [0.29, 0.717) is 0 Å². The van der Waals surface area contributed by atoms with Crippen molar-refractivity contribution >= 4 is 16.0 Å². The lowest BCUT2D eigenvalue weighted by atomic mass is 10.4. The molecule has 0 aliphatic rings. The van der Waals surface area contributed by atoms with Crippen molar-refractivity contribution in [2.45, 2.75) is 18.2 Å². The zero-order valence-corrected chi connectivity index (χ0v) is 10.7. The summed E-state index contributed by atoms with van der Waals surface area (Å²) in [6.45, 7) is 1.76. The first kappa shape index (κ1) is 14.6. The van der Waals surface area contributed by atoms with E-state index in [2.05, 4.69) is 9.46 Å². The minimum absolute atomic E-state index is 0.0957. The number of hydrogen-bond donors (Lipinski definition) is 1. The molecule has 0 unspecified atom stereocenters. The fourth-order valence-electron chi connectivity index (χ4n) is 1.26. The van der Waals surface area contributed by atoms with E-state index in [9.17, 15) is 17.6 Å². The largest absolute Gasteiger partial charge is 0.466 e. The van der Waals surface area contributed by atoms with Gasteiger partial charge in [0.05, 0.1) is 13.0 Å². The topological polar surface area (TPSA) is 72.5 Å². The Bertz CT molecular complexity index is 516. The van der Waals surface area contributed by atoms with Gasteiger partial charge in [-0.25, -0.2) is 17.5 Å². The van der Waals surface area contributed by atoms with Gasteiger partial charge in [0, 0.05) is 6.54 Å². The van der Waals surface area contributed by atoms with Crippen LogP contribution in [0.4, 0.5) is 4.39 Å². The van der Waals surface area contributed by atoms with Gasteiger partial charge >= 0.3 is 5.97 Å². The summed E-state index contributed by atoms with van der Waals surface area (Å²) >= 11 is 0. The number of esters is 1. The molecule has 0 saturated carbocycles. The van der Waals surface area contributed by atoms with Gasteiger partial charge in [0.25, 0.3) is 0 Å². The Labute approximate surface area is 105 Å². The quantitative estimate of drug-likeness (QED) is 0.788. The van der Waals surface area contributed by atoms with Gasteiger partial charge in [-0.2, -0.15) is 0 Å². The van der Waals surface area contributed by atoms with Crippen LogP contribution in [0, 0.1) is 5.82 Å².